The molecule has 6 nitrogen and oxygen atoms in total. The highest BCUT2D eigenvalue weighted by Gasteiger charge is 2.21. The molecule has 3 N–H and O–H groups in total. The summed E-state index contributed by atoms with van der Waals surface area (Å²) in [6.07, 6.45) is 2.19. The van der Waals surface area contributed by atoms with Crippen molar-refractivity contribution < 1.29 is 0 Å². The molecule has 26 heavy (non-hydrogen) atoms. The Kier molecular flexibility index (Phi) is 7.69. The molecular formula is C20H36N6. The van der Waals surface area contributed by atoms with Gasteiger partial charge in [-0.3, -0.25) is 4.99 Å². The number of nitrogens with one attached hydrogen (secondary N) is 3. The van der Waals surface area contributed by atoms with E-state index >= 15 is 0 Å². The van der Waals surface area contributed by atoms with Crippen molar-refractivity contribution in [2.45, 2.75) is 59.0 Å². The number of pyridine rings is 1. The second-order valence-corrected chi connectivity index (χ2v) is 7.98. The molecule has 1 saturated heterocycles. The third-order valence-electron chi connectivity index (χ3n) is 4.41. The Bertz CT molecular complexity index is 570. The topological polar surface area (TPSA) is 64.6 Å². The molecule has 0 spiro atoms. The normalized spacial score (nSPS) is 16.7. The maximum absolute atomic E-state index is 4.71. The van der Waals surface area contributed by atoms with Crippen LogP contribution >= 0.6 is 0 Å². The lowest BCUT2D eigenvalue weighted by Gasteiger charge is -2.34. The summed E-state index contributed by atoms with van der Waals surface area (Å²) in [5.74, 6) is 2.02. The zero-order valence-corrected chi connectivity index (χ0v) is 17.1. The molecule has 2 heterocycles. The smallest absolute Gasteiger partial charge is 0.191 e. The Morgan fingerprint density at radius 1 is 1.27 bits per heavy atom. The minimum atomic E-state index is 0.137. The zero-order valence-electron chi connectivity index (χ0n) is 17.1. The molecule has 0 bridgehead atoms. The van der Waals surface area contributed by atoms with Gasteiger partial charge in [0.1, 0.15) is 5.82 Å². The van der Waals surface area contributed by atoms with E-state index in [1.165, 1.54) is 0 Å². The molecule has 6 heteroatoms. The van der Waals surface area contributed by atoms with Gasteiger partial charge in [0, 0.05) is 43.5 Å². The third kappa shape index (κ3) is 7.20. The lowest BCUT2D eigenvalue weighted by atomic mass is 10.1. The molecule has 0 radical (unpaired) electrons. The fourth-order valence-corrected chi connectivity index (χ4v) is 3.07. The van der Waals surface area contributed by atoms with Gasteiger partial charge in [-0.25, -0.2) is 4.98 Å². The van der Waals surface area contributed by atoms with E-state index in [1.807, 2.05) is 13.0 Å². The number of guanidine groups is 1. The zero-order chi connectivity index (χ0) is 19.0. The fraction of sp³-hybridized carbons (Fsp3) is 0.700. The van der Waals surface area contributed by atoms with E-state index in [1.54, 1.807) is 0 Å². The second-order valence-electron chi connectivity index (χ2n) is 7.98. The molecule has 0 aromatic carbocycles. The first-order chi connectivity index (χ1) is 12.4. The standard InChI is InChI=1S/C20H36N6/c1-6-21-19(22-12-13-23-20(3,4)5)25-17-10-14-26(15-11-17)18-9-7-8-16(2)24-18/h7-9,17,23H,6,10-15H2,1-5H3,(H2,21,22,25). The largest absolute Gasteiger partial charge is 0.357 e. The van der Waals surface area contributed by atoms with Crippen LogP contribution in [0.1, 0.15) is 46.2 Å². The lowest BCUT2D eigenvalue weighted by Crippen LogP contribution is -2.49. The second kappa shape index (κ2) is 9.76. The third-order valence-corrected chi connectivity index (χ3v) is 4.41. The Hall–Kier alpha value is -1.82. The first-order valence-corrected chi connectivity index (χ1v) is 9.86. The van der Waals surface area contributed by atoms with Crippen molar-refractivity contribution in [3.05, 3.63) is 23.9 Å². The Balaban J connectivity index is 1.81. The fourth-order valence-electron chi connectivity index (χ4n) is 3.07. The summed E-state index contributed by atoms with van der Waals surface area (Å²) >= 11 is 0. The van der Waals surface area contributed by atoms with Crippen LogP contribution in [0.15, 0.2) is 23.2 Å². The number of nitrogens with zero attached hydrogens (tertiary/aromatic N) is 3. The molecule has 2 rings (SSSR count). The Labute approximate surface area is 158 Å². The number of aryl methyl sites for hydroxylation is 1. The van der Waals surface area contributed by atoms with E-state index in [-0.39, 0.29) is 5.54 Å². The first kappa shape index (κ1) is 20.5. The van der Waals surface area contributed by atoms with Crippen molar-refractivity contribution in [3.63, 3.8) is 0 Å². The Morgan fingerprint density at radius 2 is 2.00 bits per heavy atom. The highest BCUT2D eigenvalue weighted by Crippen LogP contribution is 2.18. The van der Waals surface area contributed by atoms with E-state index in [2.05, 4.69) is 65.7 Å². The van der Waals surface area contributed by atoms with Gasteiger partial charge in [0.25, 0.3) is 0 Å². The van der Waals surface area contributed by atoms with Crippen LogP contribution in [-0.4, -0.2) is 55.2 Å². The predicted octanol–water partition coefficient (Wildman–Crippen LogP) is 2.30. The average molecular weight is 361 g/mol. The van der Waals surface area contributed by atoms with Gasteiger partial charge in [-0.05, 0) is 59.6 Å². The molecular weight excluding hydrogens is 324 g/mol. The quantitative estimate of drug-likeness (QED) is 0.413. The molecule has 1 aromatic heterocycles. The van der Waals surface area contributed by atoms with Gasteiger partial charge in [-0.15, -0.1) is 0 Å². The van der Waals surface area contributed by atoms with Crippen molar-refractivity contribution in [2.75, 3.05) is 37.6 Å². The monoisotopic (exact) mass is 360 g/mol. The van der Waals surface area contributed by atoms with E-state index in [9.17, 15) is 0 Å². The van der Waals surface area contributed by atoms with E-state index < -0.39 is 0 Å². The molecule has 1 aliphatic rings. The maximum atomic E-state index is 4.71. The number of rotatable bonds is 6. The van der Waals surface area contributed by atoms with Gasteiger partial charge in [-0.1, -0.05) is 6.07 Å². The van der Waals surface area contributed by atoms with Crippen molar-refractivity contribution in [3.8, 4) is 0 Å². The van der Waals surface area contributed by atoms with Crippen molar-refractivity contribution >= 4 is 11.8 Å². The van der Waals surface area contributed by atoms with Gasteiger partial charge >= 0.3 is 0 Å². The predicted molar refractivity (Wildman–Crippen MR) is 111 cm³/mol. The molecule has 0 atom stereocenters. The van der Waals surface area contributed by atoms with Crippen molar-refractivity contribution in [1.29, 1.82) is 0 Å². The maximum Gasteiger partial charge on any atom is 0.191 e. The SMILES string of the molecule is CCNC(=NCCNC(C)(C)C)NC1CCN(c2cccc(C)n2)CC1. The van der Waals surface area contributed by atoms with Crippen LogP contribution in [0.4, 0.5) is 5.82 Å². The number of piperidine rings is 1. The molecule has 1 aromatic rings. The van der Waals surface area contributed by atoms with Crippen LogP contribution in [0.3, 0.4) is 0 Å². The van der Waals surface area contributed by atoms with E-state index in [0.717, 1.165) is 63.0 Å². The Morgan fingerprint density at radius 3 is 2.62 bits per heavy atom. The van der Waals surface area contributed by atoms with Gasteiger partial charge in [0.2, 0.25) is 0 Å². The summed E-state index contributed by atoms with van der Waals surface area (Å²) in [4.78, 5) is 11.7. The van der Waals surface area contributed by atoms with Crippen molar-refractivity contribution in [1.82, 2.24) is 20.9 Å². The van der Waals surface area contributed by atoms with Gasteiger partial charge in [0.05, 0.1) is 6.54 Å². The van der Waals surface area contributed by atoms with Gasteiger partial charge in [0.15, 0.2) is 5.96 Å². The first-order valence-electron chi connectivity index (χ1n) is 9.86. The molecule has 0 unspecified atom stereocenters. The van der Waals surface area contributed by atoms with Crippen LogP contribution in [0.25, 0.3) is 0 Å². The number of hydrogen-bond acceptors (Lipinski definition) is 4. The van der Waals surface area contributed by atoms with E-state index in [0.29, 0.717) is 6.04 Å². The van der Waals surface area contributed by atoms with E-state index in [4.69, 9.17) is 4.99 Å². The molecule has 1 aliphatic heterocycles. The minimum absolute atomic E-state index is 0.137. The molecule has 0 amide bonds. The lowest BCUT2D eigenvalue weighted by molar-refractivity contribution is 0.431. The number of aromatic nitrogens is 1. The van der Waals surface area contributed by atoms with Crippen LogP contribution in [0.5, 0.6) is 0 Å². The summed E-state index contributed by atoms with van der Waals surface area (Å²) in [6, 6.07) is 6.70. The highest BCUT2D eigenvalue weighted by molar-refractivity contribution is 5.80. The summed E-state index contributed by atoms with van der Waals surface area (Å²) in [6.45, 7) is 15.3. The molecule has 146 valence electrons. The molecule has 0 saturated carbocycles. The molecule has 1 fully saturated rings. The van der Waals surface area contributed by atoms with Gasteiger partial charge in [-0.2, -0.15) is 0 Å². The van der Waals surface area contributed by atoms with Crippen LogP contribution in [0, 0.1) is 6.92 Å². The van der Waals surface area contributed by atoms with Crippen LogP contribution in [0.2, 0.25) is 0 Å². The summed E-state index contributed by atoms with van der Waals surface area (Å²) < 4.78 is 0. The van der Waals surface area contributed by atoms with Crippen LogP contribution < -0.4 is 20.9 Å². The summed E-state index contributed by atoms with van der Waals surface area (Å²) in [5.41, 5.74) is 1.21. The van der Waals surface area contributed by atoms with Gasteiger partial charge < -0.3 is 20.9 Å². The van der Waals surface area contributed by atoms with Crippen molar-refractivity contribution in [2.24, 2.45) is 4.99 Å². The summed E-state index contributed by atoms with van der Waals surface area (Å²) in [7, 11) is 0. The number of anilines is 1. The number of aliphatic imine (C=N–C) groups is 1. The molecule has 0 aliphatic carbocycles. The summed E-state index contributed by atoms with van der Waals surface area (Å²) in [5, 5.41) is 10.4. The average Bonchev–Trinajstić information content (AvgIpc) is 2.58. The number of hydrogen-bond donors (Lipinski definition) is 3. The minimum Gasteiger partial charge on any atom is -0.357 e. The highest BCUT2D eigenvalue weighted by atomic mass is 15.2. The van der Waals surface area contributed by atoms with Crippen LogP contribution in [-0.2, 0) is 0 Å².